The monoisotopic (exact) mass is 368 g/mol. The van der Waals surface area contributed by atoms with Crippen molar-refractivity contribution in [1.29, 1.82) is 0 Å². The van der Waals surface area contributed by atoms with Crippen LogP contribution in [0.4, 0.5) is 5.69 Å². The minimum atomic E-state index is -0.148. The van der Waals surface area contributed by atoms with Crippen LogP contribution in [0.2, 0.25) is 0 Å². The Hall–Kier alpha value is -3.02. The summed E-state index contributed by atoms with van der Waals surface area (Å²) in [6.07, 6.45) is 0.845. The number of para-hydroxylation sites is 1. The molecule has 1 heterocycles. The van der Waals surface area contributed by atoms with Crippen LogP contribution in [0.1, 0.15) is 18.1 Å². The van der Waals surface area contributed by atoms with Gasteiger partial charge in [0.2, 0.25) is 11.8 Å². The minimum Gasteiger partial charge on any atom is -0.493 e. The average Bonchev–Trinajstić information content (AvgIpc) is 3.11. The molecule has 0 saturated carbocycles. The van der Waals surface area contributed by atoms with Gasteiger partial charge in [0.25, 0.3) is 0 Å². The Morgan fingerprint density at radius 1 is 1.07 bits per heavy atom. The Morgan fingerprint density at radius 3 is 2.52 bits per heavy atom. The van der Waals surface area contributed by atoms with Crippen molar-refractivity contribution in [1.82, 2.24) is 4.90 Å². The van der Waals surface area contributed by atoms with E-state index in [9.17, 15) is 9.59 Å². The zero-order valence-corrected chi connectivity index (χ0v) is 15.9. The first-order valence-electron chi connectivity index (χ1n) is 8.88. The fourth-order valence-electron chi connectivity index (χ4n) is 3.32. The largest absolute Gasteiger partial charge is 0.493 e. The third-order valence-electron chi connectivity index (χ3n) is 4.78. The highest BCUT2D eigenvalue weighted by Crippen LogP contribution is 2.29. The summed E-state index contributed by atoms with van der Waals surface area (Å²) in [7, 11) is 3.14. The maximum atomic E-state index is 12.8. The van der Waals surface area contributed by atoms with Crippen molar-refractivity contribution in [2.75, 3.05) is 32.2 Å². The molecule has 6 nitrogen and oxygen atoms in total. The van der Waals surface area contributed by atoms with Crippen molar-refractivity contribution in [3.05, 3.63) is 53.6 Å². The lowest BCUT2D eigenvalue weighted by atomic mass is 10.1. The Labute approximate surface area is 159 Å². The smallest absolute Gasteiger partial charge is 0.246 e. The number of carbonyl (C=O) groups is 2. The second-order valence-electron chi connectivity index (χ2n) is 6.49. The zero-order chi connectivity index (χ0) is 19.4. The Kier molecular flexibility index (Phi) is 5.64. The number of carbonyl (C=O) groups excluding carboxylic acids is 2. The van der Waals surface area contributed by atoms with Crippen LogP contribution in [-0.4, -0.2) is 44.0 Å². The Morgan fingerprint density at radius 2 is 1.81 bits per heavy atom. The van der Waals surface area contributed by atoms with Gasteiger partial charge in [-0.15, -0.1) is 0 Å². The highest BCUT2D eigenvalue weighted by atomic mass is 16.5. The van der Waals surface area contributed by atoms with Crippen molar-refractivity contribution in [3.8, 4) is 11.5 Å². The molecule has 0 fully saturated rings. The number of methoxy groups -OCH3 is 2. The first-order valence-corrected chi connectivity index (χ1v) is 8.88. The number of amides is 2. The van der Waals surface area contributed by atoms with Gasteiger partial charge in [-0.25, -0.2) is 0 Å². The molecule has 3 rings (SSSR count). The predicted molar refractivity (Wildman–Crippen MR) is 103 cm³/mol. The van der Waals surface area contributed by atoms with E-state index in [1.54, 1.807) is 30.1 Å². The number of hydrogen-bond donors (Lipinski definition) is 0. The van der Waals surface area contributed by atoms with Crippen LogP contribution in [0.5, 0.6) is 11.5 Å². The van der Waals surface area contributed by atoms with Gasteiger partial charge in [0, 0.05) is 25.7 Å². The van der Waals surface area contributed by atoms with Gasteiger partial charge in [0.15, 0.2) is 11.5 Å². The number of ether oxygens (including phenoxy) is 2. The quantitative estimate of drug-likeness (QED) is 0.787. The fourth-order valence-corrected chi connectivity index (χ4v) is 3.32. The molecule has 0 radical (unpaired) electrons. The van der Waals surface area contributed by atoms with Crippen LogP contribution in [0, 0.1) is 0 Å². The van der Waals surface area contributed by atoms with Gasteiger partial charge >= 0.3 is 0 Å². The van der Waals surface area contributed by atoms with Gasteiger partial charge in [-0.05, 0) is 35.7 Å². The van der Waals surface area contributed by atoms with Gasteiger partial charge < -0.3 is 19.3 Å². The summed E-state index contributed by atoms with van der Waals surface area (Å²) in [5.41, 5.74) is 2.98. The summed E-state index contributed by atoms with van der Waals surface area (Å²) in [5.74, 6) is 1.000. The Bertz CT molecular complexity index is 850. The van der Waals surface area contributed by atoms with Gasteiger partial charge in [-0.2, -0.15) is 0 Å². The molecule has 2 aromatic rings. The first kappa shape index (κ1) is 18.8. The van der Waals surface area contributed by atoms with E-state index < -0.39 is 0 Å². The third-order valence-corrected chi connectivity index (χ3v) is 4.78. The lowest BCUT2D eigenvalue weighted by molar-refractivity contribution is -0.134. The van der Waals surface area contributed by atoms with Crippen molar-refractivity contribution in [2.45, 2.75) is 19.9 Å². The van der Waals surface area contributed by atoms with Crippen LogP contribution in [0.3, 0.4) is 0 Å². The number of nitrogens with zero attached hydrogens (tertiary/aromatic N) is 2. The van der Waals surface area contributed by atoms with Crippen molar-refractivity contribution in [2.24, 2.45) is 0 Å². The molecule has 2 amide bonds. The molecule has 142 valence electrons. The molecular weight excluding hydrogens is 344 g/mol. The first-order chi connectivity index (χ1) is 13.0. The normalized spacial score (nSPS) is 12.5. The average molecular weight is 368 g/mol. The molecule has 0 atom stereocenters. The molecule has 0 spiro atoms. The Balaban J connectivity index is 1.73. The SMILES string of the molecule is COc1ccc(CN(CC(=O)N2CCc3ccccc32)C(C)=O)cc1OC. The maximum Gasteiger partial charge on any atom is 0.246 e. The van der Waals surface area contributed by atoms with Gasteiger partial charge in [0.05, 0.1) is 14.2 Å². The molecule has 0 aromatic heterocycles. The van der Waals surface area contributed by atoms with Crippen LogP contribution in [0.25, 0.3) is 0 Å². The second-order valence-corrected chi connectivity index (χ2v) is 6.49. The molecule has 1 aliphatic rings. The number of rotatable bonds is 6. The summed E-state index contributed by atoms with van der Waals surface area (Å²) in [6, 6.07) is 13.4. The van der Waals surface area contributed by atoms with E-state index in [1.807, 2.05) is 36.4 Å². The second kappa shape index (κ2) is 8.12. The number of hydrogen-bond acceptors (Lipinski definition) is 4. The van der Waals surface area contributed by atoms with E-state index in [4.69, 9.17) is 9.47 Å². The van der Waals surface area contributed by atoms with E-state index in [0.29, 0.717) is 24.6 Å². The number of fused-ring (bicyclic) bond motifs is 1. The van der Waals surface area contributed by atoms with Crippen molar-refractivity contribution >= 4 is 17.5 Å². The van der Waals surface area contributed by atoms with Crippen LogP contribution < -0.4 is 14.4 Å². The van der Waals surface area contributed by atoms with Gasteiger partial charge in [0.1, 0.15) is 6.54 Å². The van der Waals surface area contributed by atoms with E-state index in [2.05, 4.69) is 0 Å². The third kappa shape index (κ3) is 4.05. The minimum absolute atomic E-state index is 0.0397. The van der Waals surface area contributed by atoms with Crippen LogP contribution in [0.15, 0.2) is 42.5 Å². The lowest BCUT2D eigenvalue weighted by Crippen LogP contribution is -2.41. The molecule has 0 aliphatic carbocycles. The molecular formula is C21H24N2O4. The number of anilines is 1. The summed E-state index contributed by atoms with van der Waals surface area (Å²) in [4.78, 5) is 28.3. The van der Waals surface area contributed by atoms with E-state index in [-0.39, 0.29) is 18.4 Å². The summed E-state index contributed by atoms with van der Waals surface area (Å²) >= 11 is 0. The van der Waals surface area contributed by atoms with Crippen LogP contribution >= 0.6 is 0 Å². The van der Waals surface area contributed by atoms with Crippen molar-refractivity contribution < 1.29 is 19.1 Å². The molecule has 0 unspecified atom stereocenters. The predicted octanol–water partition coefficient (Wildman–Crippen LogP) is 2.64. The molecule has 27 heavy (non-hydrogen) atoms. The van der Waals surface area contributed by atoms with E-state index in [0.717, 1.165) is 17.7 Å². The summed E-state index contributed by atoms with van der Waals surface area (Å²) < 4.78 is 10.6. The van der Waals surface area contributed by atoms with E-state index >= 15 is 0 Å². The maximum absolute atomic E-state index is 12.8. The lowest BCUT2D eigenvalue weighted by Gasteiger charge is -2.25. The summed E-state index contributed by atoms with van der Waals surface area (Å²) in [6.45, 7) is 2.50. The van der Waals surface area contributed by atoms with E-state index in [1.165, 1.54) is 12.5 Å². The highest BCUT2D eigenvalue weighted by Gasteiger charge is 2.26. The molecule has 0 N–H and O–H groups in total. The van der Waals surface area contributed by atoms with Gasteiger partial charge in [-0.1, -0.05) is 24.3 Å². The zero-order valence-electron chi connectivity index (χ0n) is 15.9. The highest BCUT2D eigenvalue weighted by molar-refractivity contribution is 5.98. The van der Waals surface area contributed by atoms with Crippen molar-refractivity contribution in [3.63, 3.8) is 0 Å². The summed E-state index contributed by atoms with van der Waals surface area (Å²) in [5, 5.41) is 0. The molecule has 1 aliphatic heterocycles. The standard InChI is InChI=1S/C21H24N2O4/c1-15(24)22(13-16-8-9-19(26-2)20(12-16)27-3)14-21(25)23-11-10-17-6-4-5-7-18(17)23/h4-9,12H,10-11,13-14H2,1-3H3. The fraction of sp³-hybridized carbons (Fsp3) is 0.333. The molecule has 2 aromatic carbocycles. The van der Waals surface area contributed by atoms with Crippen LogP contribution in [-0.2, 0) is 22.6 Å². The van der Waals surface area contributed by atoms with Gasteiger partial charge in [-0.3, -0.25) is 9.59 Å². The molecule has 6 heteroatoms. The molecule has 0 bridgehead atoms. The molecule has 0 saturated heterocycles. The topological polar surface area (TPSA) is 59.1 Å². The number of benzene rings is 2.